The number of carbonyl (C=O) groups excluding carboxylic acids is 1. The number of carboxylic acids is 1. The first-order chi connectivity index (χ1) is 18.0. The number of aliphatic carboxylic acids is 1. The summed E-state index contributed by atoms with van der Waals surface area (Å²) in [7, 11) is 0. The Kier molecular flexibility index (Phi) is 8.45. The lowest BCUT2D eigenvalue weighted by molar-refractivity contribution is -0.131. The van der Waals surface area contributed by atoms with Gasteiger partial charge in [-0.15, -0.1) is 0 Å². The molecule has 0 fully saturated rings. The number of aliphatic hydroxyl groups excluding tert-OH is 1. The minimum atomic E-state index is -1.19. The Bertz CT molecular complexity index is 1250. The Morgan fingerprint density at radius 3 is 2.54 bits per heavy atom. The Morgan fingerprint density at radius 1 is 0.973 bits per heavy atom. The van der Waals surface area contributed by atoms with E-state index in [2.05, 4.69) is 5.32 Å². The monoisotopic (exact) mass is 507 g/mol. The molecular weight excluding hydrogens is 482 g/mol. The van der Waals surface area contributed by atoms with Gasteiger partial charge in [0.1, 0.15) is 18.1 Å². The summed E-state index contributed by atoms with van der Waals surface area (Å²) < 4.78 is 28.0. The number of amides is 1. The van der Waals surface area contributed by atoms with Crippen LogP contribution in [0.15, 0.2) is 84.9 Å². The number of benzene rings is 3. The summed E-state index contributed by atoms with van der Waals surface area (Å²) in [5, 5.41) is 21.0. The van der Waals surface area contributed by atoms with Crippen LogP contribution in [0.2, 0.25) is 0 Å². The van der Waals surface area contributed by atoms with Crippen LogP contribution in [-0.2, 0) is 9.53 Å². The Labute approximate surface area is 212 Å². The number of ether oxygens (including phenoxy) is 5. The Hall–Kier alpha value is -4.70. The zero-order valence-electron chi connectivity index (χ0n) is 19.6. The van der Waals surface area contributed by atoms with E-state index < -0.39 is 24.3 Å². The van der Waals surface area contributed by atoms with Crippen LogP contribution < -0.4 is 24.3 Å². The molecule has 0 radical (unpaired) electrons. The average Bonchev–Trinajstić information content (AvgIpc) is 3.37. The van der Waals surface area contributed by atoms with Gasteiger partial charge in [0.2, 0.25) is 6.79 Å². The number of aliphatic hydroxyl groups is 1. The highest BCUT2D eigenvalue weighted by Gasteiger charge is 2.28. The molecule has 0 unspecified atom stereocenters. The molecule has 0 aromatic heterocycles. The van der Waals surface area contributed by atoms with Gasteiger partial charge in [-0.1, -0.05) is 30.3 Å². The van der Waals surface area contributed by atoms with Gasteiger partial charge in [0.05, 0.1) is 6.61 Å². The molecule has 1 aliphatic rings. The average molecular weight is 507 g/mol. The van der Waals surface area contributed by atoms with Gasteiger partial charge >= 0.3 is 12.1 Å². The molecule has 10 heteroatoms. The molecule has 2 atom stereocenters. The maximum Gasteiger partial charge on any atom is 0.412 e. The minimum Gasteiger partial charge on any atom is -0.491 e. The second-order valence-electron chi connectivity index (χ2n) is 7.76. The highest BCUT2D eigenvalue weighted by Crippen LogP contribution is 2.35. The predicted molar refractivity (Wildman–Crippen MR) is 132 cm³/mol. The van der Waals surface area contributed by atoms with Crippen molar-refractivity contribution in [1.29, 1.82) is 0 Å². The van der Waals surface area contributed by atoms with Crippen molar-refractivity contribution in [3.63, 3.8) is 0 Å². The predicted octanol–water partition coefficient (Wildman–Crippen LogP) is 4.16. The number of anilines is 1. The standard InChI is InChI=1S/C27H25NO9/c29-13-14-33-21-8-4-5-18(15-21)26(23(11-12-25(30)31)36-20-6-2-1-3-7-20)37-27(32)28-19-9-10-22-24(16-19)35-17-34-22/h1-12,15-16,23,26,29H,13-14,17H2,(H,28,32)(H,30,31)/b12-11+/t23-,26-/m0/s1. The second kappa shape index (κ2) is 12.3. The number of para-hydroxylation sites is 1. The van der Waals surface area contributed by atoms with Gasteiger partial charge in [0.15, 0.2) is 23.7 Å². The summed E-state index contributed by atoms with van der Waals surface area (Å²) in [4.78, 5) is 24.3. The quantitative estimate of drug-likeness (QED) is 0.327. The number of hydrogen-bond acceptors (Lipinski definition) is 8. The summed E-state index contributed by atoms with van der Waals surface area (Å²) in [5.41, 5.74) is 0.891. The van der Waals surface area contributed by atoms with Gasteiger partial charge in [-0.05, 0) is 42.5 Å². The molecule has 1 aliphatic heterocycles. The van der Waals surface area contributed by atoms with E-state index in [0.29, 0.717) is 34.2 Å². The summed E-state index contributed by atoms with van der Waals surface area (Å²) in [6.07, 6.45) is -0.687. The maximum absolute atomic E-state index is 13.0. The third-order valence-corrected chi connectivity index (χ3v) is 5.14. The van der Waals surface area contributed by atoms with Crippen molar-refractivity contribution in [2.45, 2.75) is 12.2 Å². The van der Waals surface area contributed by atoms with Gasteiger partial charge < -0.3 is 33.9 Å². The van der Waals surface area contributed by atoms with E-state index in [4.69, 9.17) is 28.8 Å². The van der Waals surface area contributed by atoms with Gasteiger partial charge in [-0.2, -0.15) is 0 Å². The fraction of sp³-hybridized carbons (Fsp3) is 0.185. The molecule has 3 aromatic rings. The van der Waals surface area contributed by atoms with Crippen LogP contribution >= 0.6 is 0 Å². The third kappa shape index (κ3) is 7.15. The van der Waals surface area contributed by atoms with E-state index in [1.54, 1.807) is 66.7 Å². The van der Waals surface area contributed by atoms with E-state index in [0.717, 1.165) is 6.08 Å². The highest BCUT2D eigenvalue weighted by molar-refractivity contribution is 5.85. The molecule has 10 nitrogen and oxygen atoms in total. The molecule has 0 bridgehead atoms. The molecule has 0 aliphatic carbocycles. The van der Waals surface area contributed by atoms with E-state index in [-0.39, 0.29) is 20.0 Å². The van der Waals surface area contributed by atoms with Crippen molar-refractivity contribution in [1.82, 2.24) is 0 Å². The Balaban J connectivity index is 1.63. The summed E-state index contributed by atoms with van der Waals surface area (Å²) in [6, 6.07) is 20.3. The lowest BCUT2D eigenvalue weighted by atomic mass is 10.0. The van der Waals surface area contributed by atoms with Crippen molar-refractivity contribution < 1.29 is 43.5 Å². The van der Waals surface area contributed by atoms with Crippen molar-refractivity contribution >= 4 is 17.7 Å². The molecule has 0 saturated heterocycles. The van der Waals surface area contributed by atoms with Crippen LogP contribution in [0.3, 0.4) is 0 Å². The molecule has 1 heterocycles. The van der Waals surface area contributed by atoms with Crippen molar-refractivity contribution in [3.8, 4) is 23.0 Å². The van der Waals surface area contributed by atoms with E-state index >= 15 is 0 Å². The molecule has 4 rings (SSSR count). The number of carboxylic acid groups (broad SMARTS) is 1. The molecule has 0 saturated carbocycles. The maximum atomic E-state index is 13.0. The van der Waals surface area contributed by atoms with Crippen molar-refractivity contribution in [2.75, 3.05) is 25.3 Å². The van der Waals surface area contributed by atoms with Crippen molar-refractivity contribution in [2.24, 2.45) is 0 Å². The first-order valence-corrected chi connectivity index (χ1v) is 11.4. The largest absolute Gasteiger partial charge is 0.491 e. The van der Waals surface area contributed by atoms with Gasteiger partial charge in [-0.3, -0.25) is 5.32 Å². The number of hydrogen-bond donors (Lipinski definition) is 3. The van der Waals surface area contributed by atoms with Crippen molar-refractivity contribution in [3.05, 3.63) is 90.5 Å². The summed E-state index contributed by atoms with van der Waals surface area (Å²) in [5.74, 6) is 0.728. The molecule has 0 spiro atoms. The normalized spacial score (nSPS) is 13.5. The topological polar surface area (TPSA) is 133 Å². The zero-order chi connectivity index (χ0) is 26.0. The van der Waals surface area contributed by atoms with E-state index in [9.17, 15) is 14.7 Å². The van der Waals surface area contributed by atoms with Gasteiger partial charge in [0, 0.05) is 23.4 Å². The number of fused-ring (bicyclic) bond motifs is 1. The molecule has 1 amide bonds. The van der Waals surface area contributed by atoms with Crippen LogP contribution in [0.5, 0.6) is 23.0 Å². The lowest BCUT2D eigenvalue weighted by Crippen LogP contribution is -2.29. The van der Waals surface area contributed by atoms with Gasteiger partial charge in [-0.25, -0.2) is 9.59 Å². The highest BCUT2D eigenvalue weighted by atomic mass is 16.7. The van der Waals surface area contributed by atoms with E-state index in [1.807, 2.05) is 6.07 Å². The van der Waals surface area contributed by atoms with E-state index in [1.165, 1.54) is 6.08 Å². The van der Waals surface area contributed by atoms with Crippen LogP contribution in [0.1, 0.15) is 11.7 Å². The van der Waals surface area contributed by atoms with Gasteiger partial charge in [0.25, 0.3) is 0 Å². The van der Waals surface area contributed by atoms with Crippen LogP contribution in [-0.4, -0.2) is 48.4 Å². The smallest absolute Gasteiger partial charge is 0.412 e. The molecular formula is C27H25NO9. The number of carbonyl (C=O) groups is 2. The zero-order valence-corrected chi connectivity index (χ0v) is 19.6. The molecule has 3 N–H and O–H groups in total. The Morgan fingerprint density at radius 2 is 1.76 bits per heavy atom. The molecule has 37 heavy (non-hydrogen) atoms. The molecule has 3 aromatic carbocycles. The van der Waals surface area contributed by atoms with Crippen LogP contribution in [0.4, 0.5) is 10.5 Å². The number of rotatable bonds is 11. The molecule has 192 valence electrons. The van der Waals surface area contributed by atoms with Crippen LogP contribution in [0.25, 0.3) is 0 Å². The SMILES string of the molecule is O=C(O)/C=C/[C@H](Oc1ccccc1)[C@@H](OC(=O)Nc1ccc2c(c1)OCO2)c1cccc(OCCO)c1. The first-order valence-electron chi connectivity index (χ1n) is 11.4. The third-order valence-electron chi connectivity index (χ3n) is 5.14. The first kappa shape index (κ1) is 25.4. The minimum absolute atomic E-state index is 0.0719. The fourth-order valence-corrected chi connectivity index (χ4v) is 3.54. The van der Waals surface area contributed by atoms with Crippen LogP contribution in [0, 0.1) is 0 Å². The lowest BCUT2D eigenvalue weighted by Gasteiger charge is -2.26. The number of nitrogens with one attached hydrogen (secondary N) is 1. The summed E-state index contributed by atoms with van der Waals surface area (Å²) >= 11 is 0. The summed E-state index contributed by atoms with van der Waals surface area (Å²) in [6.45, 7) is -0.0138. The second-order valence-corrected chi connectivity index (χ2v) is 7.76. The fourth-order valence-electron chi connectivity index (χ4n) is 3.54.